The molecular formula is C66H39N. The van der Waals surface area contributed by atoms with E-state index in [0.29, 0.717) is 0 Å². The van der Waals surface area contributed by atoms with Gasteiger partial charge in [0.2, 0.25) is 0 Å². The van der Waals surface area contributed by atoms with E-state index in [1.807, 2.05) is 0 Å². The van der Waals surface area contributed by atoms with E-state index in [-0.39, 0.29) is 0 Å². The second-order valence-corrected chi connectivity index (χ2v) is 18.2. The molecule has 14 aromatic rings. The standard InChI is InChI=1S/C66H39N/c1-5-17-41(18-6-1)61-58-38-56-52-35-33-50-48-29-15-21-40-22-16-30-49(60(40)48)51-34-36-53(64(52)63(50)51)57(56)39-59(58)62(42-19-7-2-8-20-42)66-54-32-31-45(37-55(54)46-27-13-14-28-47(46)65(61)66)67(43-23-9-3-10-24-43)44-25-11-4-12-26-44/h1-39H. The van der Waals surface area contributed by atoms with Crippen molar-refractivity contribution in [1.29, 1.82) is 0 Å². The summed E-state index contributed by atoms with van der Waals surface area (Å²) in [6, 6.07) is 88.3. The van der Waals surface area contributed by atoms with Gasteiger partial charge in [0.25, 0.3) is 0 Å². The zero-order valence-corrected chi connectivity index (χ0v) is 36.5. The summed E-state index contributed by atoms with van der Waals surface area (Å²) in [5, 5.41) is 20.7. The van der Waals surface area contributed by atoms with Gasteiger partial charge in [-0.25, -0.2) is 0 Å². The van der Waals surface area contributed by atoms with Crippen LogP contribution in [0.1, 0.15) is 0 Å². The predicted molar refractivity (Wildman–Crippen MR) is 288 cm³/mol. The molecule has 1 aliphatic carbocycles. The molecule has 0 aromatic heterocycles. The number of nitrogens with zero attached hydrogens (tertiary/aromatic N) is 1. The van der Waals surface area contributed by atoms with Gasteiger partial charge in [-0.3, -0.25) is 0 Å². The minimum absolute atomic E-state index is 1.12. The topological polar surface area (TPSA) is 3.24 Å². The molecule has 0 radical (unpaired) electrons. The van der Waals surface area contributed by atoms with Gasteiger partial charge in [0, 0.05) is 17.1 Å². The van der Waals surface area contributed by atoms with Crippen LogP contribution in [0.4, 0.5) is 17.1 Å². The molecule has 0 saturated heterocycles. The van der Waals surface area contributed by atoms with Crippen molar-refractivity contribution in [3.63, 3.8) is 0 Å². The first-order valence-corrected chi connectivity index (χ1v) is 23.3. The molecule has 0 unspecified atom stereocenters. The molecule has 0 saturated carbocycles. The van der Waals surface area contributed by atoms with E-state index >= 15 is 0 Å². The van der Waals surface area contributed by atoms with Gasteiger partial charge in [-0.2, -0.15) is 0 Å². The first-order chi connectivity index (χ1) is 33.3. The SMILES string of the molecule is c1ccc(-c2c3cc4c(cc3c(-c3ccccc3)c3c5ccc(N(c6ccccc6)c6ccccc6)cc5c5ccccc5c23)-c2ccc3c5cccc6cccc(c7ccc-4c2c73)c65)cc1. The number of fused-ring (bicyclic) bond motifs is 12. The van der Waals surface area contributed by atoms with Crippen LogP contribution in [0.15, 0.2) is 237 Å². The quantitative estimate of drug-likeness (QED) is 0.123. The van der Waals surface area contributed by atoms with Crippen molar-refractivity contribution in [2.45, 2.75) is 0 Å². The Morgan fingerprint density at radius 1 is 0.209 bits per heavy atom. The van der Waals surface area contributed by atoms with Crippen LogP contribution in [0.5, 0.6) is 0 Å². The molecule has 0 fully saturated rings. The summed E-state index contributed by atoms with van der Waals surface area (Å²) in [5.41, 5.74) is 13.6. The van der Waals surface area contributed by atoms with Crippen molar-refractivity contribution in [3.05, 3.63) is 237 Å². The fourth-order valence-electron chi connectivity index (χ4n) is 12.2. The van der Waals surface area contributed by atoms with Gasteiger partial charge in [-0.15, -0.1) is 0 Å². The van der Waals surface area contributed by atoms with Crippen LogP contribution >= 0.6 is 0 Å². The van der Waals surface area contributed by atoms with E-state index in [1.165, 1.54) is 131 Å². The largest absolute Gasteiger partial charge is 0.310 e. The van der Waals surface area contributed by atoms with Gasteiger partial charge in [0.05, 0.1) is 0 Å². The molecule has 0 atom stereocenters. The van der Waals surface area contributed by atoms with Crippen molar-refractivity contribution in [1.82, 2.24) is 0 Å². The molecule has 308 valence electrons. The maximum Gasteiger partial charge on any atom is 0.0468 e. The molecule has 15 rings (SSSR count). The van der Waals surface area contributed by atoms with E-state index < -0.39 is 0 Å². The fourth-order valence-corrected chi connectivity index (χ4v) is 12.2. The third-order valence-corrected chi connectivity index (χ3v) is 14.8. The second kappa shape index (κ2) is 13.9. The molecule has 1 heteroatoms. The predicted octanol–water partition coefficient (Wildman–Crippen LogP) is 18.8. The Morgan fingerprint density at radius 3 is 1.16 bits per heavy atom. The van der Waals surface area contributed by atoms with Crippen LogP contribution in [0.2, 0.25) is 0 Å². The van der Waals surface area contributed by atoms with Crippen molar-refractivity contribution in [3.8, 4) is 44.5 Å². The van der Waals surface area contributed by atoms with Crippen LogP contribution < -0.4 is 4.90 Å². The summed E-state index contributed by atoms with van der Waals surface area (Å²) in [4.78, 5) is 2.38. The molecule has 0 spiro atoms. The summed E-state index contributed by atoms with van der Waals surface area (Å²) < 4.78 is 0. The molecule has 67 heavy (non-hydrogen) atoms. The molecular weight excluding hydrogens is 807 g/mol. The summed E-state index contributed by atoms with van der Waals surface area (Å²) in [5.74, 6) is 0. The van der Waals surface area contributed by atoms with E-state index in [2.05, 4.69) is 241 Å². The molecule has 0 bridgehead atoms. The number of hydrogen-bond donors (Lipinski definition) is 0. The van der Waals surface area contributed by atoms with Gasteiger partial charge in [-0.05, 0) is 179 Å². The molecule has 1 aliphatic rings. The molecule has 0 amide bonds. The van der Waals surface area contributed by atoms with Crippen molar-refractivity contribution >= 4 is 103 Å². The first-order valence-electron chi connectivity index (χ1n) is 23.3. The van der Waals surface area contributed by atoms with Gasteiger partial charge >= 0.3 is 0 Å². The summed E-state index contributed by atoms with van der Waals surface area (Å²) in [6.07, 6.45) is 0. The average molecular weight is 846 g/mol. The normalized spacial score (nSPS) is 12.2. The number of anilines is 3. The molecule has 0 heterocycles. The third kappa shape index (κ3) is 5.09. The Kier molecular flexibility index (Phi) is 7.56. The van der Waals surface area contributed by atoms with Crippen LogP contribution in [0.3, 0.4) is 0 Å². The Morgan fingerprint density at radius 2 is 0.627 bits per heavy atom. The van der Waals surface area contributed by atoms with E-state index in [0.717, 1.165) is 17.1 Å². The van der Waals surface area contributed by atoms with Gasteiger partial charge in [0.1, 0.15) is 0 Å². The maximum absolute atomic E-state index is 2.55. The third-order valence-electron chi connectivity index (χ3n) is 14.8. The Balaban J connectivity index is 1.11. The Bertz CT molecular complexity index is 4260. The van der Waals surface area contributed by atoms with Gasteiger partial charge < -0.3 is 4.90 Å². The Hall–Kier alpha value is -8.78. The highest BCUT2D eigenvalue weighted by Crippen LogP contribution is 2.57. The van der Waals surface area contributed by atoms with Gasteiger partial charge in [0.15, 0.2) is 0 Å². The van der Waals surface area contributed by atoms with E-state index in [4.69, 9.17) is 0 Å². The lowest BCUT2D eigenvalue weighted by Gasteiger charge is -2.27. The molecule has 0 N–H and O–H groups in total. The maximum atomic E-state index is 2.55. The van der Waals surface area contributed by atoms with Crippen molar-refractivity contribution < 1.29 is 0 Å². The highest BCUT2D eigenvalue weighted by molar-refractivity contribution is 6.40. The van der Waals surface area contributed by atoms with Crippen LogP contribution in [0, 0.1) is 0 Å². The van der Waals surface area contributed by atoms with E-state index in [1.54, 1.807) is 0 Å². The monoisotopic (exact) mass is 845 g/mol. The molecule has 1 nitrogen and oxygen atoms in total. The zero-order valence-electron chi connectivity index (χ0n) is 36.5. The second-order valence-electron chi connectivity index (χ2n) is 18.2. The van der Waals surface area contributed by atoms with Crippen LogP contribution in [-0.4, -0.2) is 0 Å². The minimum Gasteiger partial charge on any atom is -0.310 e. The lowest BCUT2D eigenvalue weighted by molar-refractivity contribution is 1.29. The van der Waals surface area contributed by atoms with Crippen molar-refractivity contribution in [2.24, 2.45) is 0 Å². The first kappa shape index (κ1) is 36.5. The molecule has 14 aromatic carbocycles. The number of rotatable bonds is 5. The highest BCUT2D eigenvalue weighted by Gasteiger charge is 2.29. The highest BCUT2D eigenvalue weighted by atomic mass is 15.1. The fraction of sp³-hybridized carbons (Fsp3) is 0. The number of hydrogen-bond acceptors (Lipinski definition) is 1. The summed E-state index contributed by atoms with van der Waals surface area (Å²) in [7, 11) is 0. The number of para-hydroxylation sites is 2. The summed E-state index contributed by atoms with van der Waals surface area (Å²) >= 11 is 0. The minimum atomic E-state index is 1.12. The number of benzene rings is 14. The molecule has 0 aliphatic heterocycles. The van der Waals surface area contributed by atoms with Crippen LogP contribution in [-0.2, 0) is 0 Å². The summed E-state index contributed by atoms with van der Waals surface area (Å²) in [6.45, 7) is 0. The van der Waals surface area contributed by atoms with Gasteiger partial charge in [-0.1, -0.05) is 188 Å². The lowest BCUT2D eigenvalue weighted by atomic mass is 9.80. The van der Waals surface area contributed by atoms with Crippen LogP contribution in [0.25, 0.3) is 131 Å². The Labute approximate surface area is 387 Å². The zero-order chi connectivity index (χ0) is 43.7. The smallest absolute Gasteiger partial charge is 0.0468 e. The lowest BCUT2D eigenvalue weighted by Crippen LogP contribution is -2.09. The average Bonchev–Trinajstić information content (AvgIpc) is 3.71. The van der Waals surface area contributed by atoms with E-state index in [9.17, 15) is 0 Å². The van der Waals surface area contributed by atoms with Crippen molar-refractivity contribution in [2.75, 3.05) is 4.90 Å².